The molecule has 3 N–H and O–H groups in total. The van der Waals surface area contributed by atoms with Crippen LogP contribution in [-0.2, 0) is 20.7 Å². The predicted octanol–water partition coefficient (Wildman–Crippen LogP) is 2.84. The maximum Gasteiger partial charge on any atom is 0.233 e. The molecule has 2 aliphatic rings. The van der Waals surface area contributed by atoms with Gasteiger partial charge in [0.05, 0.1) is 35.4 Å². The molecule has 2 unspecified atom stereocenters. The summed E-state index contributed by atoms with van der Waals surface area (Å²) in [5.41, 5.74) is 8.67. The topological polar surface area (TPSA) is 84.7 Å². The smallest absolute Gasteiger partial charge is 0.233 e. The average Bonchev–Trinajstić information content (AvgIpc) is 2.74. The minimum Gasteiger partial charge on any atom is -0.378 e. The summed E-state index contributed by atoms with van der Waals surface area (Å²) in [4.78, 5) is 26.2. The molecule has 151 valence electrons. The third-order valence-corrected chi connectivity index (χ3v) is 6.30. The molecule has 2 aromatic rings. The van der Waals surface area contributed by atoms with E-state index in [1.165, 1.54) is 0 Å². The standard InChI is InChI=1S/C22H23ClN3O3/c1-22(21(24)28)12-17-15(13-27)5-6-18(23)19(17)25-20(22)14-3-2-4-16(11-14)26-7-9-29-10-8-26/h2-6,11,20,25H,7-10,12H2,1H3,(H2,24,28). The number of rotatable bonds is 4. The first-order valence-corrected chi connectivity index (χ1v) is 10.0. The molecule has 6 nitrogen and oxygen atoms in total. The van der Waals surface area contributed by atoms with Crippen LogP contribution >= 0.6 is 11.6 Å². The van der Waals surface area contributed by atoms with E-state index in [-0.39, 0.29) is 6.04 Å². The number of nitrogens with two attached hydrogens (primary N) is 1. The Bertz CT molecular complexity index is 958. The van der Waals surface area contributed by atoms with Gasteiger partial charge in [0.25, 0.3) is 0 Å². The van der Waals surface area contributed by atoms with Crippen molar-refractivity contribution in [2.75, 3.05) is 36.5 Å². The summed E-state index contributed by atoms with van der Waals surface area (Å²) in [6.07, 6.45) is 2.25. The second-order valence-corrected chi connectivity index (χ2v) is 8.19. The Morgan fingerprint density at radius 1 is 1.31 bits per heavy atom. The van der Waals surface area contributed by atoms with Crippen LogP contribution in [-0.4, -0.2) is 38.5 Å². The number of ether oxygens (including phenoxy) is 1. The molecule has 7 heteroatoms. The van der Waals surface area contributed by atoms with E-state index in [9.17, 15) is 9.59 Å². The summed E-state index contributed by atoms with van der Waals surface area (Å²) in [6.45, 7) is 4.86. The van der Waals surface area contributed by atoms with Gasteiger partial charge in [0.15, 0.2) is 0 Å². The molecule has 0 saturated carbocycles. The fourth-order valence-electron chi connectivity index (χ4n) is 4.23. The number of carbonyl (C=O) groups excluding carboxylic acids is 2. The van der Waals surface area contributed by atoms with Gasteiger partial charge in [0.1, 0.15) is 0 Å². The van der Waals surface area contributed by atoms with E-state index in [4.69, 9.17) is 22.1 Å². The van der Waals surface area contributed by atoms with Gasteiger partial charge >= 0.3 is 0 Å². The summed E-state index contributed by atoms with van der Waals surface area (Å²) >= 11 is 6.42. The third kappa shape index (κ3) is 3.47. The van der Waals surface area contributed by atoms with Crippen LogP contribution in [0.25, 0.3) is 0 Å². The van der Waals surface area contributed by atoms with Crippen molar-refractivity contribution in [1.82, 2.24) is 0 Å². The van der Waals surface area contributed by atoms with Crippen LogP contribution in [0.2, 0.25) is 5.02 Å². The second kappa shape index (κ2) is 7.69. The Kier molecular flexibility index (Phi) is 5.23. The zero-order valence-electron chi connectivity index (χ0n) is 16.2. The van der Waals surface area contributed by atoms with E-state index < -0.39 is 11.3 Å². The number of morpholine rings is 1. The number of nitrogens with zero attached hydrogens (tertiary/aromatic N) is 1. The third-order valence-electron chi connectivity index (χ3n) is 5.98. The van der Waals surface area contributed by atoms with Crippen molar-refractivity contribution < 1.29 is 14.3 Å². The lowest BCUT2D eigenvalue weighted by Crippen LogP contribution is -2.47. The SMILES string of the molecule is CC1(C(N)=O)Cc2c([C]=O)ccc(Cl)c2NC1c1cccc(N2CCOCC2)c1. The number of benzene rings is 2. The van der Waals surface area contributed by atoms with Crippen LogP contribution < -0.4 is 16.0 Å². The minimum absolute atomic E-state index is 0.308. The lowest BCUT2D eigenvalue weighted by atomic mass is 9.70. The Labute approximate surface area is 175 Å². The Hall–Kier alpha value is -2.57. The number of nitrogens with one attached hydrogen (secondary N) is 1. The molecule has 2 atom stereocenters. The quantitative estimate of drug-likeness (QED) is 0.806. The maximum absolute atomic E-state index is 12.6. The summed E-state index contributed by atoms with van der Waals surface area (Å²) < 4.78 is 5.45. The van der Waals surface area contributed by atoms with Crippen LogP contribution in [0.5, 0.6) is 0 Å². The molecule has 2 heterocycles. The van der Waals surface area contributed by atoms with Crippen LogP contribution in [0.1, 0.15) is 29.7 Å². The highest BCUT2D eigenvalue weighted by atomic mass is 35.5. The van der Waals surface area contributed by atoms with Crippen molar-refractivity contribution in [2.24, 2.45) is 11.1 Å². The van der Waals surface area contributed by atoms with Crippen molar-refractivity contribution in [3.63, 3.8) is 0 Å². The minimum atomic E-state index is -0.938. The van der Waals surface area contributed by atoms with Crippen LogP contribution in [0.15, 0.2) is 36.4 Å². The van der Waals surface area contributed by atoms with Gasteiger partial charge in [-0.1, -0.05) is 23.7 Å². The largest absolute Gasteiger partial charge is 0.378 e. The lowest BCUT2D eigenvalue weighted by Gasteiger charge is -2.42. The molecule has 0 bridgehead atoms. The van der Waals surface area contributed by atoms with Gasteiger partial charge in [-0.05, 0) is 48.7 Å². The first-order valence-electron chi connectivity index (χ1n) is 9.62. The first-order chi connectivity index (χ1) is 13.9. The number of anilines is 2. The molecule has 0 aromatic heterocycles. The molecular formula is C22H23ClN3O3. The number of primary amides is 1. The molecule has 4 rings (SSSR count). The number of halogens is 1. The van der Waals surface area contributed by atoms with Gasteiger partial charge in [0, 0.05) is 24.3 Å². The number of fused-ring (bicyclic) bond motifs is 1. The van der Waals surface area contributed by atoms with Crippen molar-refractivity contribution in [3.05, 3.63) is 58.1 Å². The van der Waals surface area contributed by atoms with E-state index in [0.29, 0.717) is 41.5 Å². The summed E-state index contributed by atoms with van der Waals surface area (Å²) in [6, 6.07) is 11.0. The van der Waals surface area contributed by atoms with E-state index >= 15 is 0 Å². The highest BCUT2D eigenvalue weighted by Crippen LogP contribution is 2.48. The van der Waals surface area contributed by atoms with E-state index in [0.717, 1.165) is 24.3 Å². The van der Waals surface area contributed by atoms with Gasteiger partial charge < -0.3 is 20.7 Å². The van der Waals surface area contributed by atoms with Gasteiger partial charge in [-0.2, -0.15) is 0 Å². The van der Waals surface area contributed by atoms with E-state index in [1.807, 2.05) is 25.3 Å². The van der Waals surface area contributed by atoms with Crippen LogP contribution in [0.4, 0.5) is 11.4 Å². The molecule has 2 aliphatic heterocycles. The normalized spacial score (nSPS) is 23.8. The Morgan fingerprint density at radius 2 is 2.07 bits per heavy atom. The number of amides is 1. The molecule has 1 radical (unpaired) electrons. The zero-order chi connectivity index (χ0) is 20.6. The maximum atomic E-state index is 12.6. The van der Waals surface area contributed by atoms with Gasteiger partial charge in [0.2, 0.25) is 12.2 Å². The van der Waals surface area contributed by atoms with Gasteiger partial charge in [-0.15, -0.1) is 0 Å². The highest BCUT2D eigenvalue weighted by Gasteiger charge is 2.45. The summed E-state index contributed by atoms with van der Waals surface area (Å²) in [5.74, 6) is -0.436. The molecule has 29 heavy (non-hydrogen) atoms. The predicted molar refractivity (Wildman–Crippen MR) is 113 cm³/mol. The average molecular weight is 413 g/mol. The highest BCUT2D eigenvalue weighted by molar-refractivity contribution is 6.33. The lowest BCUT2D eigenvalue weighted by molar-refractivity contribution is -0.127. The molecule has 0 spiro atoms. The zero-order valence-corrected chi connectivity index (χ0v) is 17.0. The Morgan fingerprint density at radius 3 is 2.76 bits per heavy atom. The summed E-state index contributed by atoms with van der Waals surface area (Å²) in [5, 5.41) is 3.90. The fraction of sp³-hybridized carbons (Fsp3) is 0.364. The Balaban J connectivity index is 1.78. The van der Waals surface area contributed by atoms with Crippen molar-refractivity contribution in [3.8, 4) is 0 Å². The van der Waals surface area contributed by atoms with Crippen LogP contribution in [0, 0.1) is 5.41 Å². The second-order valence-electron chi connectivity index (χ2n) is 7.78. The molecule has 1 fully saturated rings. The molecular weight excluding hydrogens is 390 g/mol. The van der Waals surface area contributed by atoms with Crippen molar-refractivity contribution >= 4 is 35.2 Å². The van der Waals surface area contributed by atoms with Crippen molar-refractivity contribution in [1.29, 1.82) is 0 Å². The molecule has 2 aromatic carbocycles. The first kappa shape index (κ1) is 19.7. The molecule has 1 amide bonds. The number of hydrogen-bond donors (Lipinski definition) is 2. The fourth-order valence-corrected chi connectivity index (χ4v) is 4.46. The van der Waals surface area contributed by atoms with Crippen LogP contribution in [0.3, 0.4) is 0 Å². The monoisotopic (exact) mass is 412 g/mol. The van der Waals surface area contributed by atoms with Crippen molar-refractivity contribution in [2.45, 2.75) is 19.4 Å². The molecule has 0 aliphatic carbocycles. The van der Waals surface area contributed by atoms with Gasteiger partial charge in [-0.25, -0.2) is 0 Å². The van der Waals surface area contributed by atoms with E-state index in [1.54, 1.807) is 12.1 Å². The number of hydrogen-bond acceptors (Lipinski definition) is 5. The summed E-state index contributed by atoms with van der Waals surface area (Å²) in [7, 11) is 0. The van der Waals surface area contributed by atoms with E-state index in [2.05, 4.69) is 22.3 Å². The molecule has 1 saturated heterocycles. The van der Waals surface area contributed by atoms with Gasteiger partial charge in [-0.3, -0.25) is 9.59 Å². The number of carbonyl (C=O) groups is 1.